The van der Waals surface area contributed by atoms with E-state index in [1.807, 2.05) is 66.7 Å². The number of ether oxygens (including phenoxy) is 2. The molecule has 1 aliphatic rings. The molecule has 3 atom stereocenters. The SMILES string of the molecule is O=C(CCCCCCC(=O)NCc1cccc(-c2ccc([C@H]3O[C@@H](Cn4cnc(Cl)c4Cl)C[C@@H](c4ccc(CO)cc4)O3)cc2)c1)NO. The highest BCUT2D eigenvalue weighted by Gasteiger charge is 2.33. The number of hydrogen-bond acceptors (Lipinski definition) is 7. The molecular weight excluding hydrogens is 655 g/mol. The number of aliphatic hydroxyl groups excluding tert-OH is 1. The van der Waals surface area contributed by atoms with Crippen LogP contribution >= 0.6 is 23.2 Å². The summed E-state index contributed by atoms with van der Waals surface area (Å²) in [6.45, 7) is 0.859. The van der Waals surface area contributed by atoms with Crippen molar-refractivity contribution in [3.05, 3.63) is 112 Å². The minimum Gasteiger partial charge on any atom is -0.392 e. The monoisotopic (exact) mass is 694 g/mol. The molecule has 0 saturated carbocycles. The normalized spacial score (nSPS) is 17.6. The van der Waals surface area contributed by atoms with Crippen molar-refractivity contribution in [3.8, 4) is 11.1 Å². The Bertz CT molecular complexity index is 1650. The van der Waals surface area contributed by atoms with Gasteiger partial charge in [-0.2, -0.15) is 0 Å². The maximum absolute atomic E-state index is 12.4. The molecule has 3 aromatic carbocycles. The summed E-state index contributed by atoms with van der Waals surface area (Å²) in [5.74, 6) is -0.396. The van der Waals surface area contributed by atoms with E-state index in [0.29, 0.717) is 37.5 Å². The largest absolute Gasteiger partial charge is 0.392 e. The third-order valence-corrected chi connectivity index (χ3v) is 9.13. The third-order valence-electron chi connectivity index (χ3n) is 8.36. The molecule has 0 unspecified atom stereocenters. The maximum atomic E-state index is 12.4. The number of nitrogens with zero attached hydrogens (tertiary/aromatic N) is 2. The van der Waals surface area contributed by atoms with Crippen LogP contribution in [0.15, 0.2) is 79.1 Å². The van der Waals surface area contributed by atoms with Gasteiger partial charge in [0.05, 0.1) is 31.7 Å². The number of amides is 2. The van der Waals surface area contributed by atoms with E-state index in [9.17, 15) is 14.7 Å². The molecule has 10 nitrogen and oxygen atoms in total. The molecule has 4 N–H and O–H groups in total. The van der Waals surface area contributed by atoms with Gasteiger partial charge in [0, 0.05) is 31.4 Å². The molecule has 1 fully saturated rings. The molecule has 0 bridgehead atoms. The first-order valence-electron chi connectivity index (χ1n) is 16.1. The van der Waals surface area contributed by atoms with Gasteiger partial charge in [-0.25, -0.2) is 10.5 Å². The molecule has 0 spiro atoms. The zero-order valence-corrected chi connectivity index (χ0v) is 28.0. The van der Waals surface area contributed by atoms with Crippen LogP contribution in [0.4, 0.5) is 0 Å². The van der Waals surface area contributed by atoms with E-state index in [1.165, 1.54) is 0 Å². The number of carbonyl (C=O) groups is 2. The number of carbonyl (C=O) groups excluding carboxylic acids is 2. The summed E-state index contributed by atoms with van der Waals surface area (Å²) in [7, 11) is 0. The minimum atomic E-state index is -0.625. The Hall–Kier alpha value is -3.77. The third kappa shape index (κ3) is 9.88. The molecule has 12 heteroatoms. The van der Waals surface area contributed by atoms with Gasteiger partial charge in [-0.3, -0.25) is 14.8 Å². The van der Waals surface area contributed by atoms with Gasteiger partial charge in [-0.1, -0.05) is 103 Å². The Kier molecular flexibility index (Phi) is 13.0. The highest BCUT2D eigenvalue weighted by Crippen LogP contribution is 2.39. The number of rotatable bonds is 15. The van der Waals surface area contributed by atoms with Crippen LogP contribution in [0.1, 0.15) is 79.6 Å². The Balaban J connectivity index is 1.20. The van der Waals surface area contributed by atoms with Crippen LogP contribution in [0.25, 0.3) is 11.1 Å². The summed E-state index contributed by atoms with van der Waals surface area (Å²) in [4.78, 5) is 27.5. The molecule has 254 valence electrons. The molecule has 48 heavy (non-hydrogen) atoms. The number of halogens is 2. The molecule has 4 aromatic rings. The van der Waals surface area contributed by atoms with E-state index in [-0.39, 0.29) is 42.2 Å². The molecule has 0 aliphatic carbocycles. The fourth-order valence-corrected chi connectivity index (χ4v) is 6.00. The fraction of sp³-hybridized carbons (Fsp3) is 0.361. The van der Waals surface area contributed by atoms with Crippen molar-refractivity contribution in [3.63, 3.8) is 0 Å². The smallest absolute Gasteiger partial charge is 0.243 e. The summed E-state index contributed by atoms with van der Waals surface area (Å²) in [6, 6.07) is 23.9. The molecule has 1 saturated heterocycles. The number of nitrogens with one attached hydrogen (secondary N) is 2. The highest BCUT2D eigenvalue weighted by molar-refractivity contribution is 6.40. The Labute approximate surface area is 290 Å². The van der Waals surface area contributed by atoms with Crippen LogP contribution in [0.2, 0.25) is 10.3 Å². The number of aliphatic hydroxyl groups is 1. The summed E-state index contributed by atoms with van der Waals surface area (Å²) >= 11 is 12.4. The van der Waals surface area contributed by atoms with Crippen LogP contribution in [-0.4, -0.2) is 37.8 Å². The summed E-state index contributed by atoms with van der Waals surface area (Å²) in [5.41, 5.74) is 7.36. The molecule has 5 rings (SSSR count). The Morgan fingerprint density at radius 2 is 1.56 bits per heavy atom. The van der Waals surface area contributed by atoms with Crippen LogP contribution in [0.3, 0.4) is 0 Å². The Morgan fingerprint density at radius 3 is 2.23 bits per heavy atom. The van der Waals surface area contributed by atoms with Crippen molar-refractivity contribution in [2.45, 2.75) is 83.1 Å². The van der Waals surface area contributed by atoms with Crippen molar-refractivity contribution >= 4 is 35.0 Å². The van der Waals surface area contributed by atoms with Crippen molar-refractivity contribution in [2.24, 2.45) is 0 Å². The predicted octanol–water partition coefficient (Wildman–Crippen LogP) is 7.06. The van der Waals surface area contributed by atoms with Crippen LogP contribution in [0.5, 0.6) is 0 Å². The van der Waals surface area contributed by atoms with Gasteiger partial charge in [-0.15, -0.1) is 0 Å². The van der Waals surface area contributed by atoms with E-state index >= 15 is 0 Å². The van der Waals surface area contributed by atoms with Gasteiger partial charge in [-0.05, 0) is 46.7 Å². The lowest BCUT2D eigenvalue weighted by molar-refractivity contribution is -0.252. The van der Waals surface area contributed by atoms with Gasteiger partial charge in [0.2, 0.25) is 11.8 Å². The molecule has 1 aliphatic heterocycles. The number of imidazole rings is 1. The molecular formula is C36H40Cl2N4O6. The molecule has 0 radical (unpaired) electrons. The lowest BCUT2D eigenvalue weighted by Crippen LogP contribution is -2.32. The van der Waals surface area contributed by atoms with Gasteiger partial charge in [0.25, 0.3) is 0 Å². The number of hydroxylamine groups is 1. The fourth-order valence-electron chi connectivity index (χ4n) is 5.69. The minimum absolute atomic E-state index is 0.00954. The molecule has 1 aromatic heterocycles. The lowest BCUT2D eigenvalue weighted by Gasteiger charge is -2.36. The topological polar surface area (TPSA) is 135 Å². The average Bonchev–Trinajstić information content (AvgIpc) is 3.44. The van der Waals surface area contributed by atoms with Crippen LogP contribution < -0.4 is 10.8 Å². The lowest BCUT2D eigenvalue weighted by atomic mass is 9.99. The number of aromatic nitrogens is 2. The highest BCUT2D eigenvalue weighted by atomic mass is 35.5. The van der Waals surface area contributed by atoms with E-state index in [4.69, 9.17) is 37.9 Å². The number of benzene rings is 3. The van der Waals surface area contributed by atoms with Crippen molar-refractivity contribution < 1.29 is 29.4 Å². The first-order valence-corrected chi connectivity index (χ1v) is 16.8. The Morgan fingerprint density at radius 1 is 0.854 bits per heavy atom. The first-order chi connectivity index (χ1) is 23.3. The first kappa shape index (κ1) is 35.5. The second-order valence-corrected chi connectivity index (χ2v) is 12.6. The van der Waals surface area contributed by atoms with Crippen molar-refractivity contribution in [2.75, 3.05) is 0 Å². The zero-order valence-electron chi connectivity index (χ0n) is 26.5. The second kappa shape index (κ2) is 17.6. The van der Waals surface area contributed by atoms with E-state index in [0.717, 1.165) is 52.6 Å². The predicted molar refractivity (Wildman–Crippen MR) is 182 cm³/mol. The van der Waals surface area contributed by atoms with E-state index < -0.39 is 6.29 Å². The zero-order chi connectivity index (χ0) is 33.9. The van der Waals surface area contributed by atoms with Crippen LogP contribution in [-0.2, 0) is 38.8 Å². The van der Waals surface area contributed by atoms with Crippen molar-refractivity contribution in [1.82, 2.24) is 20.3 Å². The van der Waals surface area contributed by atoms with Gasteiger partial charge >= 0.3 is 0 Å². The summed E-state index contributed by atoms with van der Waals surface area (Å²) < 4.78 is 14.7. The van der Waals surface area contributed by atoms with E-state index in [2.05, 4.69) is 16.4 Å². The molecule has 2 heterocycles. The van der Waals surface area contributed by atoms with Gasteiger partial charge < -0.3 is 24.5 Å². The summed E-state index contributed by atoms with van der Waals surface area (Å²) in [5, 5.41) is 21.6. The number of hydrogen-bond donors (Lipinski definition) is 4. The van der Waals surface area contributed by atoms with Gasteiger partial charge in [0.1, 0.15) is 5.15 Å². The quantitative estimate of drug-likeness (QED) is 0.0595. The van der Waals surface area contributed by atoms with Crippen LogP contribution in [0, 0.1) is 0 Å². The van der Waals surface area contributed by atoms with E-state index in [1.54, 1.807) is 16.4 Å². The number of unbranched alkanes of at least 4 members (excludes halogenated alkanes) is 3. The average molecular weight is 696 g/mol. The second-order valence-electron chi connectivity index (χ2n) is 11.9. The molecule has 2 amide bonds. The maximum Gasteiger partial charge on any atom is 0.243 e. The van der Waals surface area contributed by atoms with Gasteiger partial charge in [0.15, 0.2) is 11.4 Å². The summed E-state index contributed by atoms with van der Waals surface area (Å²) in [6.07, 6.45) is 4.91. The van der Waals surface area contributed by atoms with Crippen molar-refractivity contribution in [1.29, 1.82) is 0 Å². The standard InChI is InChI=1S/C36H40Cl2N4O6/c37-34-35(38)42(23-40-34)21-30-19-31(27-12-10-24(22-43)11-13-27)48-36(47-30)28-16-14-26(15-17-28)29-7-5-6-25(18-29)20-39-32(44)8-3-1-2-4-9-33(45)41-46/h5-7,10-18,23,30-31,36,43,46H,1-4,8-9,19-22H2,(H,39,44)(H,41,45)/t30-,31+,36+/m1/s1.